The van der Waals surface area contributed by atoms with E-state index in [1.54, 1.807) is 0 Å². The molecule has 0 bridgehead atoms. The van der Waals surface area contributed by atoms with Crippen molar-refractivity contribution in [3.63, 3.8) is 0 Å². The molecule has 1 aliphatic rings. The lowest BCUT2D eigenvalue weighted by Gasteiger charge is -2.39. The summed E-state index contributed by atoms with van der Waals surface area (Å²) in [5, 5.41) is 0. The minimum Gasteiger partial charge on any atom is -0.375 e. The largest absolute Gasteiger partial charge is 0.375 e. The van der Waals surface area contributed by atoms with Crippen LogP contribution in [0.25, 0.3) is 0 Å². The molecule has 1 fully saturated rings. The number of ether oxygens (including phenoxy) is 1. The van der Waals surface area contributed by atoms with Crippen LogP contribution in [0.3, 0.4) is 0 Å². The molecule has 2 heterocycles. The van der Waals surface area contributed by atoms with E-state index < -0.39 is 0 Å². The summed E-state index contributed by atoms with van der Waals surface area (Å²) in [6.07, 6.45) is 1.24. The Morgan fingerprint density at radius 1 is 1.50 bits per heavy atom. The van der Waals surface area contributed by atoms with Crippen molar-refractivity contribution in [1.82, 2.24) is 9.97 Å². The first-order chi connectivity index (χ1) is 9.55. The Morgan fingerprint density at radius 2 is 2.25 bits per heavy atom. The maximum Gasteiger partial charge on any atom is 0.145 e. The fourth-order valence-electron chi connectivity index (χ4n) is 2.39. The zero-order valence-electron chi connectivity index (χ0n) is 12.8. The summed E-state index contributed by atoms with van der Waals surface area (Å²) in [7, 11) is 0. The summed E-state index contributed by atoms with van der Waals surface area (Å²) in [4.78, 5) is 11.4. The van der Waals surface area contributed by atoms with Gasteiger partial charge >= 0.3 is 0 Å². The van der Waals surface area contributed by atoms with Crippen molar-refractivity contribution in [2.24, 2.45) is 5.84 Å². The van der Waals surface area contributed by atoms with Crippen LogP contribution in [0.15, 0.2) is 6.07 Å². The molecule has 6 nitrogen and oxygen atoms in total. The van der Waals surface area contributed by atoms with Crippen molar-refractivity contribution >= 4 is 11.6 Å². The third-order valence-corrected chi connectivity index (χ3v) is 3.63. The molecule has 0 aromatic carbocycles. The van der Waals surface area contributed by atoms with Crippen molar-refractivity contribution in [3.05, 3.63) is 11.9 Å². The summed E-state index contributed by atoms with van der Waals surface area (Å²) in [6.45, 7) is 10.0. The zero-order chi connectivity index (χ0) is 14.7. The van der Waals surface area contributed by atoms with Crippen molar-refractivity contribution in [3.8, 4) is 0 Å². The van der Waals surface area contributed by atoms with Crippen LogP contribution in [0.5, 0.6) is 0 Å². The fraction of sp³-hybridized carbons (Fsp3) is 0.714. The Morgan fingerprint density at radius 3 is 2.85 bits per heavy atom. The molecule has 1 aromatic rings. The zero-order valence-corrected chi connectivity index (χ0v) is 12.8. The third kappa shape index (κ3) is 3.19. The standard InChI is InChI=1S/C14H25N5O/c1-5-11-8-20-10(4)7-19(11)13-6-12(18-15)16-14(17-13)9(2)3/h6,9-11H,5,7-8,15H2,1-4H3,(H,16,17,18). The first kappa shape index (κ1) is 15.0. The highest BCUT2D eigenvalue weighted by atomic mass is 16.5. The molecule has 0 amide bonds. The number of hydrogen-bond donors (Lipinski definition) is 2. The number of hydrogen-bond acceptors (Lipinski definition) is 6. The van der Waals surface area contributed by atoms with Crippen LogP contribution < -0.4 is 16.2 Å². The van der Waals surface area contributed by atoms with Crippen LogP contribution in [0.1, 0.15) is 45.9 Å². The van der Waals surface area contributed by atoms with E-state index in [-0.39, 0.29) is 12.0 Å². The number of nitrogen functional groups attached to an aromatic ring is 1. The van der Waals surface area contributed by atoms with E-state index in [1.165, 1.54) is 0 Å². The van der Waals surface area contributed by atoms with Crippen LogP contribution in [0.2, 0.25) is 0 Å². The molecule has 20 heavy (non-hydrogen) atoms. The van der Waals surface area contributed by atoms with Gasteiger partial charge in [-0.25, -0.2) is 15.8 Å². The first-order valence-corrected chi connectivity index (χ1v) is 7.29. The molecule has 3 N–H and O–H groups in total. The van der Waals surface area contributed by atoms with Gasteiger partial charge in [-0.1, -0.05) is 20.8 Å². The highest BCUT2D eigenvalue weighted by Gasteiger charge is 2.27. The van der Waals surface area contributed by atoms with Gasteiger partial charge in [0.05, 0.1) is 18.8 Å². The van der Waals surface area contributed by atoms with E-state index >= 15 is 0 Å². The number of morpholine rings is 1. The molecule has 1 aliphatic heterocycles. The summed E-state index contributed by atoms with van der Waals surface area (Å²) >= 11 is 0. The highest BCUT2D eigenvalue weighted by Crippen LogP contribution is 2.25. The number of anilines is 2. The fourth-order valence-corrected chi connectivity index (χ4v) is 2.39. The molecular formula is C14H25N5O. The number of aromatic nitrogens is 2. The van der Waals surface area contributed by atoms with Gasteiger partial charge in [0.25, 0.3) is 0 Å². The van der Waals surface area contributed by atoms with Gasteiger partial charge in [0.1, 0.15) is 17.5 Å². The summed E-state index contributed by atoms with van der Waals surface area (Å²) < 4.78 is 5.74. The number of nitrogens with zero attached hydrogens (tertiary/aromatic N) is 3. The van der Waals surface area contributed by atoms with E-state index in [4.69, 9.17) is 15.6 Å². The molecule has 6 heteroatoms. The van der Waals surface area contributed by atoms with E-state index in [1.807, 2.05) is 6.07 Å². The van der Waals surface area contributed by atoms with Gasteiger partial charge in [-0.3, -0.25) is 0 Å². The molecule has 1 saturated heterocycles. The minimum absolute atomic E-state index is 0.213. The van der Waals surface area contributed by atoms with Gasteiger partial charge < -0.3 is 15.1 Å². The van der Waals surface area contributed by atoms with Crippen molar-refractivity contribution in [2.45, 2.75) is 52.2 Å². The molecule has 2 unspecified atom stereocenters. The number of hydrazine groups is 1. The van der Waals surface area contributed by atoms with Crippen LogP contribution in [0, 0.1) is 0 Å². The molecule has 1 aromatic heterocycles. The molecule has 2 rings (SSSR count). The van der Waals surface area contributed by atoms with Gasteiger partial charge in [-0.15, -0.1) is 0 Å². The van der Waals surface area contributed by atoms with Crippen LogP contribution >= 0.6 is 0 Å². The van der Waals surface area contributed by atoms with Gasteiger partial charge in [0.2, 0.25) is 0 Å². The molecular weight excluding hydrogens is 254 g/mol. The van der Waals surface area contributed by atoms with Gasteiger partial charge in [-0.2, -0.15) is 0 Å². The summed E-state index contributed by atoms with van der Waals surface area (Å²) in [5.74, 6) is 8.19. The Kier molecular flexibility index (Phi) is 4.77. The van der Waals surface area contributed by atoms with Crippen molar-refractivity contribution < 1.29 is 4.74 Å². The topological polar surface area (TPSA) is 76.3 Å². The number of rotatable bonds is 4. The van der Waals surface area contributed by atoms with Gasteiger partial charge in [-0.05, 0) is 13.3 Å². The summed E-state index contributed by atoms with van der Waals surface area (Å²) in [6, 6.07) is 2.26. The highest BCUT2D eigenvalue weighted by molar-refractivity contribution is 5.50. The van der Waals surface area contributed by atoms with E-state index in [9.17, 15) is 0 Å². The van der Waals surface area contributed by atoms with E-state index in [0.29, 0.717) is 11.9 Å². The second kappa shape index (κ2) is 6.37. The molecule has 0 radical (unpaired) electrons. The first-order valence-electron chi connectivity index (χ1n) is 7.29. The molecule has 2 atom stereocenters. The second-order valence-corrected chi connectivity index (χ2v) is 5.63. The molecule has 112 valence electrons. The third-order valence-electron chi connectivity index (χ3n) is 3.63. The smallest absolute Gasteiger partial charge is 0.145 e. The average molecular weight is 279 g/mol. The van der Waals surface area contributed by atoms with Crippen molar-refractivity contribution in [1.29, 1.82) is 0 Å². The SMILES string of the molecule is CCC1COC(C)CN1c1cc(NN)nc(C(C)C)n1. The molecule has 0 saturated carbocycles. The number of nitrogens with one attached hydrogen (secondary N) is 1. The van der Waals surface area contributed by atoms with Crippen LogP contribution in [-0.2, 0) is 4.74 Å². The Bertz CT molecular complexity index is 451. The lowest BCUT2D eigenvalue weighted by molar-refractivity contribution is 0.0296. The summed E-state index contributed by atoms with van der Waals surface area (Å²) in [5.41, 5.74) is 2.64. The Hall–Kier alpha value is -1.40. The normalized spacial score (nSPS) is 23.2. The minimum atomic E-state index is 0.213. The van der Waals surface area contributed by atoms with Crippen molar-refractivity contribution in [2.75, 3.05) is 23.5 Å². The van der Waals surface area contributed by atoms with E-state index in [2.05, 4.69) is 43.0 Å². The average Bonchev–Trinajstić information content (AvgIpc) is 2.46. The number of nitrogens with two attached hydrogens (primary N) is 1. The Balaban J connectivity index is 2.35. The maximum absolute atomic E-state index is 5.74. The Labute approximate surface area is 120 Å². The predicted octanol–water partition coefficient (Wildman–Crippen LogP) is 1.89. The molecule has 0 spiro atoms. The monoisotopic (exact) mass is 279 g/mol. The second-order valence-electron chi connectivity index (χ2n) is 5.63. The quantitative estimate of drug-likeness (QED) is 0.647. The van der Waals surface area contributed by atoms with E-state index in [0.717, 1.165) is 31.2 Å². The lowest BCUT2D eigenvalue weighted by atomic mass is 10.1. The van der Waals surface area contributed by atoms with Gasteiger partial charge in [0.15, 0.2) is 0 Å². The lowest BCUT2D eigenvalue weighted by Crippen LogP contribution is -2.49. The van der Waals surface area contributed by atoms with Crippen LogP contribution in [0.4, 0.5) is 11.6 Å². The predicted molar refractivity (Wildman–Crippen MR) is 80.8 cm³/mol. The van der Waals surface area contributed by atoms with Crippen LogP contribution in [-0.4, -0.2) is 35.3 Å². The van der Waals surface area contributed by atoms with Gasteiger partial charge in [0, 0.05) is 18.5 Å². The molecule has 0 aliphatic carbocycles. The maximum atomic E-state index is 5.74.